The van der Waals surface area contributed by atoms with Gasteiger partial charge in [0.1, 0.15) is 5.75 Å². The van der Waals surface area contributed by atoms with Crippen LogP contribution in [0.15, 0.2) is 29.3 Å². The van der Waals surface area contributed by atoms with E-state index in [9.17, 15) is 0 Å². The molecular weight excluding hydrogens is 329 g/mol. The van der Waals surface area contributed by atoms with E-state index in [-0.39, 0.29) is 24.0 Å². The number of hydrogen-bond acceptors (Lipinski definition) is 4. The van der Waals surface area contributed by atoms with Crippen molar-refractivity contribution < 1.29 is 4.74 Å². The molecule has 0 unspecified atom stereocenters. The van der Waals surface area contributed by atoms with Crippen molar-refractivity contribution in [2.24, 2.45) is 4.99 Å². The van der Waals surface area contributed by atoms with Gasteiger partial charge in [-0.05, 0) is 24.1 Å². The molecule has 1 aromatic rings. The van der Waals surface area contributed by atoms with Gasteiger partial charge >= 0.3 is 0 Å². The molecule has 0 aliphatic carbocycles. The second-order valence-corrected chi connectivity index (χ2v) is 3.71. The molecule has 0 aromatic heterocycles. The van der Waals surface area contributed by atoms with Crippen LogP contribution in [0.3, 0.4) is 0 Å². The molecular formula is C12H18IN3O. The third-order valence-electron chi connectivity index (χ3n) is 2.52. The van der Waals surface area contributed by atoms with Crippen LogP contribution in [0.1, 0.15) is 12.0 Å². The Morgan fingerprint density at radius 1 is 1.35 bits per heavy atom. The first-order valence-corrected chi connectivity index (χ1v) is 5.53. The third kappa shape index (κ3) is 4.41. The van der Waals surface area contributed by atoms with Gasteiger partial charge in [-0.3, -0.25) is 4.99 Å². The number of guanidine groups is 1. The minimum Gasteiger partial charge on any atom is -0.497 e. The molecule has 1 heterocycles. The van der Waals surface area contributed by atoms with Crippen LogP contribution < -0.4 is 15.4 Å². The van der Waals surface area contributed by atoms with Crippen molar-refractivity contribution in [1.82, 2.24) is 10.6 Å². The van der Waals surface area contributed by atoms with Crippen LogP contribution in [-0.2, 0) is 6.54 Å². The van der Waals surface area contributed by atoms with Gasteiger partial charge in [0.05, 0.1) is 7.11 Å². The van der Waals surface area contributed by atoms with E-state index in [1.165, 1.54) is 5.56 Å². The molecule has 0 amide bonds. The summed E-state index contributed by atoms with van der Waals surface area (Å²) >= 11 is 0. The highest BCUT2D eigenvalue weighted by Crippen LogP contribution is 2.10. The number of hydrogen-bond donors (Lipinski definition) is 2. The van der Waals surface area contributed by atoms with E-state index in [0.717, 1.165) is 37.8 Å². The fourth-order valence-electron chi connectivity index (χ4n) is 1.58. The first kappa shape index (κ1) is 14.1. The summed E-state index contributed by atoms with van der Waals surface area (Å²) in [7, 11) is 1.67. The average molecular weight is 347 g/mol. The standard InChI is InChI=1S/C12H17N3O.HI/c1-16-11-5-3-10(4-6-11)9-15-12-13-7-2-8-14-12;/h3-6H,2,7-9H2,1H3,(H2,13,14,15);1H. The second kappa shape index (κ2) is 7.37. The average Bonchev–Trinajstić information content (AvgIpc) is 2.38. The highest BCUT2D eigenvalue weighted by atomic mass is 127. The summed E-state index contributed by atoms with van der Waals surface area (Å²) < 4.78 is 5.11. The number of rotatable bonds is 3. The van der Waals surface area contributed by atoms with Crippen LogP contribution in [0, 0.1) is 0 Å². The summed E-state index contributed by atoms with van der Waals surface area (Å²) in [6.07, 6.45) is 1.12. The van der Waals surface area contributed by atoms with Crippen molar-refractivity contribution in [3.05, 3.63) is 29.8 Å². The van der Waals surface area contributed by atoms with Crippen molar-refractivity contribution >= 4 is 29.9 Å². The maximum absolute atomic E-state index is 5.11. The van der Waals surface area contributed by atoms with Gasteiger partial charge in [0, 0.05) is 19.6 Å². The molecule has 0 saturated carbocycles. The quantitative estimate of drug-likeness (QED) is 0.819. The lowest BCUT2D eigenvalue weighted by atomic mass is 10.2. The van der Waals surface area contributed by atoms with Gasteiger partial charge < -0.3 is 15.4 Å². The molecule has 0 atom stereocenters. The maximum atomic E-state index is 5.11. The minimum absolute atomic E-state index is 0. The Kier molecular flexibility index (Phi) is 6.10. The summed E-state index contributed by atoms with van der Waals surface area (Å²) in [5.74, 6) is 1.79. The van der Waals surface area contributed by atoms with Crippen molar-refractivity contribution in [3.8, 4) is 5.75 Å². The summed E-state index contributed by atoms with van der Waals surface area (Å²) in [5.41, 5.74) is 1.22. The second-order valence-electron chi connectivity index (χ2n) is 3.71. The molecule has 4 nitrogen and oxygen atoms in total. The topological polar surface area (TPSA) is 45.6 Å². The van der Waals surface area contributed by atoms with E-state index in [1.807, 2.05) is 12.1 Å². The lowest BCUT2D eigenvalue weighted by molar-refractivity contribution is 0.414. The lowest BCUT2D eigenvalue weighted by Gasteiger charge is -2.16. The monoisotopic (exact) mass is 347 g/mol. The Morgan fingerprint density at radius 3 is 2.71 bits per heavy atom. The van der Waals surface area contributed by atoms with Gasteiger partial charge in [0.15, 0.2) is 5.96 Å². The van der Waals surface area contributed by atoms with Crippen LogP contribution >= 0.6 is 24.0 Å². The lowest BCUT2D eigenvalue weighted by Crippen LogP contribution is -2.40. The Balaban J connectivity index is 0.00000144. The molecule has 94 valence electrons. The largest absolute Gasteiger partial charge is 0.497 e. The van der Waals surface area contributed by atoms with E-state index in [0.29, 0.717) is 0 Å². The number of aliphatic imine (C=N–C) groups is 1. The van der Waals surface area contributed by atoms with Crippen LogP contribution in [-0.4, -0.2) is 26.2 Å². The number of methoxy groups -OCH3 is 1. The van der Waals surface area contributed by atoms with Gasteiger partial charge in [-0.25, -0.2) is 0 Å². The molecule has 1 aliphatic heterocycles. The zero-order valence-electron chi connectivity index (χ0n) is 9.90. The van der Waals surface area contributed by atoms with Gasteiger partial charge in [-0.1, -0.05) is 12.1 Å². The molecule has 0 radical (unpaired) electrons. The van der Waals surface area contributed by atoms with Crippen molar-refractivity contribution in [2.75, 3.05) is 20.2 Å². The molecule has 2 rings (SSSR count). The third-order valence-corrected chi connectivity index (χ3v) is 2.52. The SMILES string of the molecule is COc1ccc(CNC2=NCCCN2)cc1.I. The Labute approximate surface area is 119 Å². The summed E-state index contributed by atoms with van der Waals surface area (Å²) in [6.45, 7) is 2.71. The van der Waals surface area contributed by atoms with E-state index in [2.05, 4.69) is 27.8 Å². The fraction of sp³-hybridized carbons (Fsp3) is 0.417. The van der Waals surface area contributed by atoms with Crippen molar-refractivity contribution in [3.63, 3.8) is 0 Å². The van der Waals surface area contributed by atoms with E-state index < -0.39 is 0 Å². The van der Waals surface area contributed by atoms with Crippen molar-refractivity contribution in [1.29, 1.82) is 0 Å². The smallest absolute Gasteiger partial charge is 0.191 e. The van der Waals surface area contributed by atoms with Crippen molar-refractivity contribution in [2.45, 2.75) is 13.0 Å². The maximum Gasteiger partial charge on any atom is 0.191 e. The summed E-state index contributed by atoms with van der Waals surface area (Å²) in [4.78, 5) is 4.35. The highest BCUT2D eigenvalue weighted by Gasteiger charge is 2.02. The molecule has 17 heavy (non-hydrogen) atoms. The number of ether oxygens (including phenoxy) is 1. The summed E-state index contributed by atoms with van der Waals surface area (Å²) in [6, 6.07) is 8.03. The highest BCUT2D eigenvalue weighted by molar-refractivity contribution is 14.0. The van der Waals surface area contributed by atoms with Gasteiger partial charge in [-0.2, -0.15) is 0 Å². The molecule has 0 spiro atoms. The van der Waals surface area contributed by atoms with E-state index in [1.54, 1.807) is 7.11 Å². The predicted octanol–water partition coefficient (Wildman–Crippen LogP) is 1.75. The van der Waals surface area contributed by atoms with E-state index in [4.69, 9.17) is 4.74 Å². The molecule has 1 aliphatic rings. The normalized spacial score (nSPS) is 14.1. The van der Waals surface area contributed by atoms with Gasteiger partial charge in [0.2, 0.25) is 0 Å². The molecule has 5 heteroatoms. The minimum atomic E-state index is 0. The number of benzene rings is 1. The Bertz CT molecular complexity index is 365. The Morgan fingerprint density at radius 2 is 2.12 bits per heavy atom. The zero-order chi connectivity index (χ0) is 11.2. The summed E-state index contributed by atoms with van der Waals surface area (Å²) in [5, 5.41) is 6.50. The fourth-order valence-corrected chi connectivity index (χ4v) is 1.58. The molecule has 0 fully saturated rings. The van der Waals surface area contributed by atoms with Gasteiger partial charge in [-0.15, -0.1) is 24.0 Å². The van der Waals surface area contributed by atoms with E-state index >= 15 is 0 Å². The molecule has 1 aromatic carbocycles. The van der Waals surface area contributed by atoms with Crippen LogP contribution in [0.2, 0.25) is 0 Å². The van der Waals surface area contributed by atoms with Gasteiger partial charge in [0.25, 0.3) is 0 Å². The zero-order valence-corrected chi connectivity index (χ0v) is 12.2. The van der Waals surface area contributed by atoms with Crippen LogP contribution in [0.5, 0.6) is 5.75 Å². The predicted molar refractivity (Wildman–Crippen MR) is 80.2 cm³/mol. The molecule has 0 saturated heterocycles. The molecule has 2 N–H and O–H groups in total. The number of nitrogens with zero attached hydrogens (tertiary/aromatic N) is 1. The first-order chi connectivity index (χ1) is 7.88. The Hall–Kier alpha value is -0.980. The number of nitrogens with one attached hydrogen (secondary N) is 2. The number of halogens is 1. The van der Waals surface area contributed by atoms with Crippen LogP contribution in [0.4, 0.5) is 0 Å². The molecule has 0 bridgehead atoms. The van der Waals surface area contributed by atoms with Crippen LogP contribution in [0.25, 0.3) is 0 Å². The first-order valence-electron chi connectivity index (χ1n) is 5.53.